The van der Waals surface area contributed by atoms with Crippen LogP contribution < -0.4 is 5.32 Å². The standard InChI is InChI=1S/C16H34N2O2/c1-7-11-14(3)18(5)13-10-9-12-16(4,17-8-2)15(19)20-6/h14,17H,7-13H2,1-6H3. The van der Waals surface area contributed by atoms with E-state index in [0.29, 0.717) is 6.04 Å². The third-order valence-electron chi connectivity index (χ3n) is 4.10. The minimum Gasteiger partial charge on any atom is -0.468 e. The molecule has 0 heterocycles. The summed E-state index contributed by atoms with van der Waals surface area (Å²) in [5, 5.41) is 3.25. The number of rotatable bonds is 11. The number of likely N-dealkylation sites (N-methyl/N-ethyl adjacent to an activating group) is 1. The van der Waals surface area contributed by atoms with Gasteiger partial charge < -0.3 is 15.0 Å². The highest BCUT2D eigenvalue weighted by Gasteiger charge is 2.32. The zero-order valence-corrected chi connectivity index (χ0v) is 14.3. The van der Waals surface area contributed by atoms with Crippen LogP contribution in [0.3, 0.4) is 0 Å². The average Bonchev–Trinajstić information content (AvgIpc) is 2.42. The molecule has 120 valence electrons. The molecule has 0 aliphatic carbocycles. The van der Waals surface area contributed by atoms with Gasteiger partial charge >= 0.3 is 5.97 Å². The summed E-state index contributed by atoms with van der Waals surface area (Å²) in [5.74, 6) is -0.160. The highest BCUT2D eigenvalue weighted by molar-refractivity contribution is 5.80. The van der Waals surface area contributed by atoms with Crippen LogP contribution in [0.4, 0.5) is 0 Å². The lowest BCUT2D eigenvalue weighted by atomic mass is 9.94. The number of hydrogen-bond donors (Lipinski definition) is 1. The molecule has 0 aliphatic heterocycles. The average molecular weight is 286 g/mol. The van der Waals surface area contributed by atoms with E-state index in [1.54, 1.807) is 0 Å². The molecule has 0 fully saturated rings. The Kier molecular flexibility index (Phi) is 9.86. The van der Waals surface area contributed by atoms with Crippen LogP contribution in [0.15, 0.2) is 0 Å². The van der Waals surface area contributed by atoms with Gasteiger partial charge in [-0.3, -0.25) is 4.79 Å². The number of nitrogens with zero attached hydrogens (tertiary/aromatic N) is 1. The Morgan fingerprint density at radius 2 is 2.00 bits per heavy atom. The van der Waals surface area contributed by atoms with Gasteiger partial charge in [0.05, 0.1) is 7.11 Å². The number of methoxy groups -OCH3 is 1. The molecule has 0 radical (unpaired) electrons. The highest BCUT2D eigenvalue weighted by Crippen LogP contribution is 2.16. The van der Waals surface area contributed by atoms with Crippen LogP contribution in [0.1, 0.15) is 59.8 Å². The van der Waals surface area contributed by atoms with Crippen molar-refractivity contribution < 1.29 is 9.53 Å². The zero-order chi connectivity index (χ0) is 15.6. The van der Waals surface area contributed by atoms with Crippen molar-refractivity contribution >= 4 is 5.97 Å². The van der Waals surface area contributed by atoms with Gasteiger partial charge in [0.2, 0.25) is 0 Å². The molecule has 4 heteroatoms. The Morgan fingerprint density at radius 3 is 2.50 bits per heavy atom. The molecule has 0 aromatic carbocycles. The number of hydrogen-bond acceptors (Lipinski definition) is 4. The Bertz CT molecular complexity index is 271. The predicted molar refractivity (Wildman–Crippen MR) is 84.9 cm³/mol. The molecule has 0 aliphatic rings. The van der Waals surface area contributed by atoms with Crippen molar-refractivity contribution in [2.24, 2.45) is 0 Å². The largest absolute Gasteiger partial charge is 0.468 e. The molecular formula is C16H34N2O2. The fourth-order valence-corrected chi connectivity index (χ4v) is 2.58. The SMILES string of the molecule is CCCC(C)N(C)CCCCC(C)(NCC)C(=O)OC. The van der Waals surface area contributed by atoms with E-state index in [0.717, 1.165) is 32.4 Å². The number of carbonyl (C=O) groups excluding carboxylic acids is 1. The van der Waals surface area contributed by atoms with Gasteiger partial charge in [0.25, 0.3) is 0 Å². The summed E-state index contributed by atoms with van der Waals surface area (Å²) < 4.78 is 4.90. The van der Waals surface area contributed by atoms with Gasteiger partial charge in [0, 0.05) is 6.04 Å². The molecule has 0 amide bonds. The van der Waals surface area contributed by atoms with Crippen LogP contribution in [0, 0.1) is 0 Å². The lowest BCUT2D eigenvalue weighted by Gasteiger charge is -2.28. The lowest BCUT2D eigenvalue weighted by Crippen LogP contribution is -2.50. The number of esters is 1. The Morgan fingerprint density at radius 1 is 1.35 bits per heavy atom. The summed E-state index contributed by atoms with van der Waals surface area (Å²) in [5.41, 5.74) is -0.545. The molecule has 0 bridgehead atoms. The van der Waals surface area contributed by atoms with E-state index in [9.17, 15) is 4.79 Å². The molecule has 20 heavy (non-hydrogen) atoms. The van der Waals surface area contributed by atoms with Crippen LogP contribution in [-0.2, 0) is 9.53 Å². The van der Waals surface area contributed by atoms with Crippen molar-refractivity contribution in [1.82, 2.24) is 10.2 Å². The molecule has 0 aromatic heterocycles. The number of unbranched alkanes of at least 4 members (excludes halogenated alkanes) is 1. The van der Waals surface area contributed by atoms with Gasteiger partial charge in [-0.15, -0.1) is 0 Å². The van der Waals surface area contributed by atoms with Crippen LogP contribution >= 0.6 is 0 Å². The first kappa shape index (κ1) is 19.4. The van der Waals surface area contributed by atoms with Crippen LogP contribution in [0.5, 0.6) is 0 Å². The summed E-state index contributed by atoms with van der Waals surface area (Å²) >= 11 is 0. The molecule has 1 N–H and O–H groups in total. The summed E-state index contributed by atoms with van der Waals surface area (Å²) in [7, 11) is 3.64. The van der Waals surface area contributed by atoms with Gasteiger partial charge in [0.15, 0.2) is 0 Å². The monoisotopic (exact) mass is 286 g/mol. The van der Waals surface area contributed by atoms with Gasteiger partial charge in [0.1, 0.15) is 5.54 Å². The molecule has 0 rings (SSSR count). The first-order valence-electron chi connectivity index (χ1n) is 7.95. The van der Waals surface area contributed by atoms with E-state index in [-0.39, 0.29) is 5.97 Å². The third kappa shape index (κ3) is 6.71. The molecular weight excluding hydrogens is 252 g/mol. The second kappa shape index (κ2) is 10.2. The van der Waals surface area contributed by atoms with E-state index >= 15 is 0 Å². The van der Waals surface area contributed by atoms with E-state index in [2.05, 4.69) is 31.1 Å². The van der Waals surface area contributed by atoms with Crippen molar-refractivity contribution in [1.29, 1.82) is 0 Å². The van der Waals surface area contributed by atoms with Crippen molar-refractivity contribution in [3.63, 3.8) is 0 Å². The van der Waals surface area contributed by atoms with Crippen molar-refractivity contribution in [3.8, 4) is 0 Å². The lowest BCUT2D eigenvalue weighted by molar-refractivity contribution is -0.148. The first-order valence-corrected chi connectivity index (χ1v) is 7.95. The zero-order valence-electron chi connectivity index (χ0n) is 14.3. The predicted octanol–water partition coefficient (Wildman–Crippen LogP) is 2.82. The Labute approximate surface area is 125 Å². The summed E-state index contributed by atoms with van der Waals surface area (Å²) in [4.78, 5) is 14.3. The maximum Gasteiger partial charge on any atom is 0.325 e. The van der Waals surface area contributed by atoms with E-state index in [4.69, 9.17) is 4.74 Å². The Hall–Kier alpha value is -0.610. The van der Waals surface area contributed by atoms with E-state index < -0.39 is 5.54 Å². The Balaban J connectivity index is 4.10. The fourth-order valence-electron chi connectivity index (χ4n) is 2.58. The van der Waals surface area contributed by atoms with Crippen molar-refractivity contribution in [2.75, 3.05) is 27.2 Å². The normalized spacial score (nSPS) is 15.9. The summed E-state index contributed by atoms with van der Waals surface area (Å²) in [6.07, 6.45) is 5.44. The fraction of sp³-hybridized carbons (Fsp3) is 0.938. The quantitative estimate of drug-likeness (QED) is 0.468. The number of carbonyl (C=O) groups is 1. The molecule has 0 saturated heterocycles. The second-order valence-corrected chi connectivity index (χ2v) is 5.93. The minimum atomic E-state index is -0.545. The minimum absolute atomic E-state index is 0.160. The maximum atomic E-state index is 11.9. The summed E-state index contributed by atoms with van der Waals surface area (Å²) in [6.45, 7) is 10.3. The van der Waals surface area contributed by atoms with Crippen LogP contribution in [0.2, 0.25) is 0 Å². The van der Waals surface area contributed by atoms with Gasteiger partial charge in [-0.1, -0.05) is 20.3 Å². The highest BCUT2D eigenvalue weighted by atomic mass is 16.5. The molecule has 0 aromatic rings. The smallest absolute Gasteiger partial charge is 0.325 e. The van der Waals surface area contributed by atoms with E-state index in [1.165, 1.54) is 20.0 Å². The third-order valence-corrected chi connectivity index (χ3v) is 4.10. The van der Waals surface area contributed by atoms with Crippen LogP contribution in [-0.4, -0.2) is 49.7 Å². The number of ether oxygens (including phenoxy) is 1. The maximum absolute atomic E-state index is 11.9. The molecule has 0 saturated carbocycles. The van der Waals surface area contributed by atoms with Crippen molar-refractivity contribution in [3.05, 3.63) is 0 Å². The topological polar surface area (TPSA) is 41.6 Å². The van der Waals surface area contributed by atoms with Gasteiger partial charge in [-0.25, -0.2) is 0 Å². The second-order valence-electron chi connectivity index (χ2n) is 5.93. The first-order chi connectivity index (χ1) is 9.41. The van der Waals surface area contributed by atoms with Crippen molar-refractivity contribution in [2.45, 2.75) is 71.4 Å². The van der Waals surface area contributed by atoms with Gasteiger partial charge in [-0.05, 0) is 59.7 Å². The molecule has 2 atom stereocenters. The molecule has 4 nitrogen and oxygen atoms in total. The number of nitrogens with one attached hydrogen (secondary N) is 1. The molecule has 2 unspecified atom stereocenters. The molecule has 0 spiro atoms. The summed E-state index contributed by atoms with van der Waals surface area (Å²) in [6, 6.07) is 0.640. The van der Waals surface area contributed by atoms with Gasteiger partial charge in [-0.2, -0.15) is 0 Å². The van der Waals surface area contributed by atoms with Crippen LogP contribution in [0.25, 0.3) is 0 Å². The van der Waals surface area contributed by atoms with E-state index in [1.807, 2.05) is 13.8 Å².